The van der Waals surface area contributed by atoms with Crippen molar-refractivity contribution in [2.75, 3.05) is 12.0 Å². The van der Waals surface area contributed by atoms with Crippen molar-refractivity contribution in [3.63, 3.8) is 0 Å². The fraction of sp³-hybridized carbons (Fsp3) is 0.679. The van der Waals surface area contributed by atoms with Crippen LogP contribution in [0.2, 0.25) is 0 Å². The van der Waals surface area contributed by atoms with E-state index in [0.29, 0.717) is 17.7 Å². The number of phenolic OH excluding ortho intramolecular Hbond substituents is 1. The molecular weight excluding hydrogens is 490 g/mol. The summed E-state index contributed by atoms with van der Waals surface area (Å²) < 4.78 is 5.44. The Morgan fingerprint density at radius 2 is 1.65 bits per heavy atom. The van der Waals surface area contributed by atoms with E-state index in [0.717, 1.165) is 32.1 Å². The number of rotatable bonds is 9. The molecule has 2 atom stereocenters. The number of nitrogens with one attached hydrogen (secondary N) is 2. The minimum Gasteiger partial charge on any atom is -0.508 e. The molecule has 0 aliphatic heterocycles. The Hall–Kier alpha value is -2.42. The van der Waals surface area contributed by atoms with Gasteiger partial charge in [0.15, 0.2) is 0 Å². The van der Waals surface area contributed by atoms with Crippen LogP contribution < -0.4 is 10.6 Å². The number of hydrogen-bond donors (Lipinski definition) is 3. The number of hydrogen-bond acceptors (Lipinski definition) is 6. The molecule has 208 valence electrons. The van der Waals surface area contributed by atoms with Crippen molar-refractivity contribution in [1.29, 1.82) is 0 Å². The lowest BCUT2D eigenvalue weighted by Crippen LogP contribution is -2.59. The lowest BCUT2D eigenvalue weighted by atomic mass is 9.92. The fourth-order valence-corrected chi connectivity index (χ4v) is 5.03. The summed E-state index contributed by atoms with van der Waals surface area (Å²) in [6, 6.07) is 4.63. The molecule has 8 nitrogen and oxygen atoms in total. The van der Waals surface area contributed by atoms with Crippen LogP contribution >= 0.6 is 11.8 Å². The van der Waals surface area contributed by atoms with Crippen molar-refractivity contribution in [1.82, 2.24) is 15.5 Å². The Labute approximate surface area is 226 Å². The van der Waals surface area contributed by atoms with E-state index in [-0.39, 0.29) is 23.6 Å². The monoisotopic (exact) mass is 535 g/mol. The average molecular weight is 536 g/mol. The molecule has 1 saturated carbocycles. The number of phenols is 1. The number of amides is 3. The van der Waals surface area contributed by atoms with Crippen molar-refractivity contribution in [2.45, 2.75) is 109 Å². The molecule has 3 N–H and O–H groups in total. The molecule has 2 unspecified atom stereocenters. The van der Waals surface area contributed by atoms with Crippen molar-refractivity contribution in [3.8, 4) is 5.75 Å². The highest BCUT2D eigenvalue weighted by atomic mass is 32.2. The van der Waals surface area contributed by atoms with Gasteiger partial charge in [-0.2, -0.15) is 11.8 Å². The standard InChI is InChI=1S/C28H45N3O5S/c1-27(2,3)31(25(34)22(17-18-37-7)30-26(35)36-28(4,5)6)23(19-13-15-21(32)16-14-19)24(33)29-20-11-9-8-10-12-20/h13-16,20,22-23,32H,8-12,17-18H2,1-7H3,(H,29,33)(H,30,35). The number of alkyl carbamates (subject to hydrolysis) is 1. The highest BCUT2D eigenvalue weighted by molar-refractivity contribution is 7.98. The van der Waals surface area contributed by atoms with Crippen LogP contribution in [-0.4, -0.2) is 63.1 Å². The maximum absolute atomic E-state index is 14.2. The minimum atomic E-state index is -0.938. The second kappa shape index (κ2) is 13.4. The number of benzene rings is 1. The highest BCUT2D eigenvalue weighted by Crippen LogP contribution is 2.32. The molecule has 9 heteroatoms. The van der Waals surface area contributed by atoms with Crippen LogP contribution in [-0.2, 0) is 14.3 Å². The first-order chi connectivity index (χ1) is 17.2. The average Bonchev–Trinajstić information content (AvgIpc) is 2.79. The molecule has 0 bridgehead atoms. The minimum absolute atomic E-state index is 0.0602. The lowest BCUT2D eigenvalue weighted by molar-refractivity contribution is -0.148. The van der Waals surface area contributed by atoms with Crippen molar-refractivity contribution in [2.24, 2.45) is 0 Å². The number of aromatic hydroxyl groups is 1. The topological polar surface area (TPSA) is 108 Å². The smallest absolute Gasteiger partial charge is 0.408 e. The summed E-state index contributed by atoms with van der Waals surface area (Å²) in [5.74, 6) is 0.0989. The normalized spacial score (nSPS) is 16.4. The van der Waals surface area contributed by atoms with Crippen LogP contribution in [0, 0.1) is 0 Å². The molecule has 0 aromatic heterocycles. The largest absolute Gasteiger partial charge is 0.508 e. The van der Waals surface area contributed by atoms with Gasteiger partial charge in [-0.15, -0.1) is 0 Å². The van der Waals surface area contributed by atoms with Crippen LogP contribution in [0.5, 0.6) is 5.75 Å². The molecule has 37 heavy (non-hydrogen) atoms. The molecule has 0 heterocycles. The first kappa shape index (κ1) is 30.8. The van der Waals surface area contributed by atoms with Crippen molar-refractivity contribution in [3.05, 3.63) is 29.8 Å². The molecule has 3 amide bonds. The number of ether oxygens (including phenoxy) is 1. The van der Waals surface area contributed by atoms with E-state index in [1.54, 1.807) is 49.6 Å². The van der Waals surface area contributed by atoms with Gasteiger partial charge in [-0.3, -0.25) is 9.59 Å². The van der Waals surface area contributed by atoms with Crippen LogP contribution in [0.4, 0.5) is 4.79 Å². The number of thioether (sulfide) groups is 1. The third-order valence-corrected chi connectivity index (χ3v) is 6.87. The Bertz CT molecular complexity index is 902. The van der Waals surface area contributed by atoms with Gasteiger partial charge in [0.25, 0.3) is 0 Å². The van der Waals surface area contributed by atoms with Crippen LogP contribution in [0.15, 0.2) is 24.3 Å². The molecule has 0 saturated heterocycles. The quantitative estimate of drug-likeness (QED) is 0.403. The third-order valence-electron chi connectivity index (χ3n) is 6.23. The number of carbonyl (C=O) groups excluding carboxylic acids is 3. The highest BCUT2D eigenvalue weighted by Gasteiger charge is 2.42. The Morgan fingerprint density at radius 3 is 2.16 bits per heavy atom. The van der Waals surface area contributed by atoms with Gasteiger partial charge in [-0.05, 0) is 90.5 Å². The van der Waals surface area contributed by atoms with Gasteiger partial charge in [0.05, 0.1) is 0 Å². The van der Waals surface area contributed by atoms with E-state index < -0.39 is 29.3 Å². The van der Waals surface area contributed by atoms with E-state index >= 15 is 0 Å². The van der Waals surface area contributed by atoms with Crippen LogP contribution in [0.3, 0.4) is 0 Å². The molecule has 1 fully saturated rings. The van der Waals surface area contributed by atoms with Gasteiger partial charge in [-0.25, -0.2) is 4.79 Å². The summed E-state index contributed by atoms with van der Waals surface area (Å²) in [4.78, 5) is 42.3. The summed E-state index contributed by atoms with van der Waals surface area (Å²) in [5, 5.41) is 15.8. The second-order valence-electron chi connectivity index (χ2n) is 11.7. The second-order valence-corrected chi connectivity index (χ2v) is 12.7. The maximum Gasteiger partial charge on any atom is 0.408 e. The molecular formula is C28H45N3O5S. The molecule has 0 radical (unpaired) electrons. The summed E-state index contributed by atoms with van der Waals surface area (Å²) >= 11 is 1.57. The van der Waals surface area contributed by atoms with Gasteiger partial charge in [-0.1, -0.05) is 31.4 Å². The van der Waals surface area contributed by atoms with Crippen molar-refractivity contribution < 1.29 is 24.2 Å². The zero-order valence-electron chi connectivity index (χ0n) is 23.4. The maximum atomic E-state index is 14.2. The fourth-order valence-electron chi connectivity index (χ4n) is 4.56. The third kappa shape index (κ3) is 9.76. The van der Waals surface area contributed by atoms with Gasteiger partial charge in [0.2, 0.25) is 11.8 Å². The Kier molecular flexibility index (Phi) is 11.2. The molecule has 1 aliphatic carbocycles. The zero-order valence-corrected chi connectivity index (χ0v) is 24.2. The van der Waals surface area contributed by atoms with Crippen LogP contribution in [0.1, 0.15) is 91.7 Å². The van der Waals surface area contributed by atoms with Gasteiger partial charge in [0, 0.05) is 11.6 Å². The van der Waals surface area contributed by atoms with E-state index in [9.17, 15) is 19.5 Å². The Balaban J connectivity index is 2.47. The predicted octanol–water partition coefficient (Wildman–Crippen LogP) is 5.16. The number of carbonyl (C=O) groups is 3. The van der Waals surface area contributed by atoms with E-state index in [2.05, 4.69) is 10.6 Å². The zero-order chi connectivity index (χ0) is 27.8. The molecule has 2 rings (SSSR count). The lowest BCUT2D eigenvalue weighted by Gasteiger charge is -2.43. The SMILES string of the molecule is CSCCC(NC(=O)OC(C)(C)C)C(=O)N(C(C(=O)NC1CCCCC1)c1ccc(O)cc1)C(C)(C)C. The summed E-state index contributed by atoms with van der Waals surface area (Å²) in [6.45, 7) is 10.9. The summed E-state index contributed by atoms with van der Waals surface area (Å²) in [7, 11) is 0. The van der Waals surface area contributed by atoms with Gasteiger partial charge < -0.3 is 25.4 Å². The first-order valence-electron chi connectivity index (χ1n) is 13.1. The van der Waals surface area contributed by atoms with Crippen LogP contribution in [0.25, 0.3) is 0 Å². The summed E-state index contributed by atoms with van der Waals surface area (Å²) in [6.07, 6.45) is 6.76. The molecule has 1 aromatic rings. The van der Waals surface area contributed by atoms with E-state index in [1.165, 1.54) is 12.1 Å². The first-order valence-corrected chi connectivity index (χ1v) is 14.5. The van der Waals surface area contributed by atoms with E-state index in [1.807, 2.05) is 27.0 Å². The van der Waals surface area contributed by atoms with E-state index in [4.69, 9.17) is 4.74 Å². The number of nitrogens with zero attached hydrogens (tertiary/aromatic N) is 1. The molecule has 1 aromatic carbocycles. The predicted molar refractivity (Wildman–Crippen MR) is 149 cm³/mol. The molecule has 0 spiro atoms. The van der Waals surface area contributed by atoms with Gasteiger partial charge >= 0.3 is 6.09 Å². The Morgan fingerprint density at radius 1 is 1.05 bits per heavy atom. The summed E-state index contributed by atoms with van der Waals surface area (Å²) in [5.41, 5.74) is -0.873. The van der Waals surface area contributed by atoms with Gasteiger partial charge in [0.1, 0.15) is 23.4 Å². The van der Waals surface area contributed by atoms with Crippen molar-refractivity contribution >= 4 is 29.7 Å². The molecule has 1 aliphatic rings.